The van der Waals surface area contributed by atoms with Crippen LogP contribution in [0.25, 0.3) is 0 Å². The molecule has 134 valence electrons. The Labute approximate surface area is 146 Å². The summed E-state index contributed by atoms with van der Waals surface area (Å²) in [6.07, 6.45) is -1.99. The largest absolute Gasteiger partial charge is 0.465 e. The van der Waals surface area contributed by atoms with Crippen molar-refractivity contribution in [1.29, 1.82) is 0 Å². The summed E-state index contributed by atoms with van der Waals surface area (Å²) in [5.41, 5.74) is 0.417. The molecule has 1 aromatic rings. The Balaban J connectivity index is 0.000000442. The lowest BCUT2D eigenvalue weighted by atomic mass is 10.3. The summed E-state index contributed by atoms with van der Waals surface area (Å²) in [6.45, 7) is 1.53. The molecule has 0 unspecified atom stereocenters. The van der Waals surface area contributed by atoms with Gasteiger partial charge >= 0.3 is 12.2 Å². The first kappa shape index (κ1) is 21.4. The van der Waals surface area contributed by atoms with Crippen molar-refractivity contribution < 1.29 is 24.2 Å². The normalized spacial score (nSPS) is 11.4. The molecule has 0 fully saturated rings. The van der Waals surface area contributed by atoms with E-state index in [9.17, 15) is 14.0 Å². The number of aliphatic imine (C=N–C) groups is 1. The van der Waals surface area contributed by atoms with Crippen molar-refractivity contribution in [1.82, 2.24) is 16.0 Å². The highest BCUT2D eigenvalue weighted by molar-refractivity contribution is 9.10. The van der Waals surface area contributed by atoms with Gasteiger partial charge < -0.3 is 31.5 Å². The van der Waals surface area contributed by atoms with Gasteiger partial charge in [-0.2, -0.15) is 0 Å². The number of benzene rings is 1. The first-order chi connectivity index (χ1) is 11.3. The van der Waals surface area contributed by atoms with E-state index in [1.54, 1.807) is 12.1 Å². The zero-order valence-corrected chi connectivity index (χ0v) is 14.6. The SMILES string of the molecule is CNC(=O)O.CNC(=O)O.Fc1cccc(Br)c1NC1=NCCN1. The lowest BCUT2D eigenvalue weighted by molar-refractivity contribution is 0.196. The van der Waals surface area contributed by atoms with Crippen LogP contribution in [-0.2, 0) is 0 Å². The van der Waals surface area contributed by atoms with Crippen molar-refractivity contribution in [2.24, 2.45) is 4.99 Å². The van der Waals surface area contributed by atoms with Crippen LogP contribution in [0.5, 0.6) is 0 Å². The van der Waals surface area contributed by atoms with Crippen LogP contribution in [0, 0.1) is 5.82 Å². The summed E-state index contributed by atoms with van der Waals surface area (Å²) < 4.78 is 14.0. The number of para-hydroxylation sites is 1. The lowest BCUT2D eigenvalue weighted by Crippen LogP contribution is -2.26. The molecule has 24 heavy (non-hydrogen) atoms. The number of nitrogens with zero attached hydrogens (tertiary/aromatic N) is 1. The van der Waals surface area contributed by atoms with Crippen LogP contribution in [0.4, 0.5) is 19.7 Å². The van der Waals surface area contributed by atoms with Crippen molar-refractivity contribution in [2.45, 2.75) is 0 Å². The topological polar surface area (TPSA) is 135 Å². The van der Waals surface area contributed by atoms with Crippen LogP contribution in [0.3, 0.4) is 0 Å². The van der Waals surface area contributed by atoms with Gasteiger partial charge in [0.1, 0.15) is 5.82 Å². The van der Waals surface area contributed by atoms with Crippen LogP contribution < -0.4 is 21.3 Å². The minimum Gasteiger partial charge on any atom is -0.465 e. The van der Waals surface area contributed by atoms with E-state index in [1.165, 1.54) is 20.2 Å². The van der Waals surface area contributed by atoms with Gasteiger partial charge in [0.05, 0.1) is 12.2 Å². The summed E-state index contributed by atoms with van der Waals surface area (Å²) in [6, 6.07) is 4.83. The van der Waals surface area contributed by atoms with E-state index >= 15 is 0 Å². The van der Waals surface area contributed by atoms with E-state index in [0.717, 1.165) is 13.1 Å². The van der Waals surface area contributed by atoms with Crippen LogP contribution >= 0.6 is 15.9 Å². The summed E-state index contributed by atoms with van der Waals surface area (Å²) in [4.78, 5) is 22.6. The highest BCUT2D eigenvalue weighted by atomic mass is 79.9. The molecule has 0 aliphatic carbocycles. The average molecular weight is 408 g/mol. The van der Waals surface area contributed by atoms with Crippen LogP contribution in [0.1, 0.15) is 0 Å². The maximum atomic E-state index is 13.3. The molecule has 0 aromatic heterocycles. The quantitative estimate of drug-likeness (QED) is 0.419. The summed E-state index contributed by atoms with van der Waals surface area (Å²) in [5.74, 6) is 0.326. The van der Waals surface area contributed by atoms with E-state index in [0.29, 0.717) is 16.1 Å². The van der Waals surface area contributed by atoms with Crippen LogP contribution in [0.2, 0.25) is 0 Å². The number of hydrogen-bond acceptors (Lipinski definition) is 5. The number of rotatable bonds is 1. The first-order valence-corrected chi connectivity index (χ1v) is 7.41. The van der Waals surface area contributed by atoms with Gasteiger partial charge in [-0.3, -0.25) is 4.99 Å². The minimum absolute atomic E-state index is 0.296. The number of guanidine groups is 1. The molecule has 6 N–H and O–H groups in total. The monoisotopic (exact) mass is 407 g/mol. The molecule has 9 nitrogen and oxygen atoms in total. The molecule has 0 radical (unpaired) electrons. The van der Waals surface area contributed by atoms with Gasteiger partial charge in [0.15, 0.2) is 5.96 Å². The molecule has 0 bridgehead atoms. The molecule has 0 spiro atoms. The predicted molar refractivity (Wildman–Crippen MR) is 92.2 cm³/mol. The average Bonchev–Trinajstić information content (AvgIpc) is 3.05. The fraction of sp³-hybridized carbons (Fsp3) is 0.308. The predicted octanol–water partition coefficient (Wildman–Crippen LogP) is 1.73. The Kier molecular flexibility index (Phi) is 10.7. The molecule has 11 heteroatoms. The molecule has 2 amide bonds. The van der Waals surface area contributed by atoms with Crippen molar-refractivity contribution in [3.05, 3.63) is 28.5 Å². The van der Waals surface area contributed by atoms with Crippen LogP contribution in [0.15, 0.2) is 27.7 Å². The van der Waals surface area contributed by atoms with Gasteiger partial charge in [0, 0.05) is 25.1 Å². The molecule has 1 aliphatic rings. The maximum Gasteiger partial charge on any atom is 0.404 e. The number of hydrogen-bond donors (Lipinski definition) is 6. The maximum absolute atomic E-state index is 13.3. The molecule has 1 aliphatic heterocycles. The first-order valence-electron chi connectivity index (χ1n) is 6.62. The Morgan fingerprint density at radius 3 is 2.17 bits per heavy atom. The third kappa shape index (κ3) is 9.46. The fourth-order valence-corrected chi connectivity index (χ4v) is 1.66. The number of nitrogens with one attached hydrogen (secondary N) is 4. The van der Waals surface area contributed by atoms with Crippen molar-refractivity contribution in [2.75, 3.05) is 32.5 Å². The Bertz CT molecular complexity index is 551. The smallest absolute Gasteiger partial charge is 0.404 e. The number of carboxylic acid groups (broad SMARTS) is 2. The Hall–Kier alpha value is -2.56. The molecule has 0 atom stereocenters. The summed E-state index contributed by atoms with van der Waals surface area (Å²) >= 11 is 3.27. The van der Waals surface area contributed by atoms with Crippen molar-refractivity contribution in [3.8, 4) is 0 Å². The minimum atomic E-state index is -0.995. The molecular weight excluding hydrogens is 389 g/mol. The van der Waals surface area contributed by atoms with E-state index in [-0.39, 0.29) is 5.82 Å². The molecule has 2 rings (SSSR count). The van der Waals surface area contributed by atoms with Gasteiger partial charge in [0.2, 0.25) is 0 Å². The summed E-state index contributed by atoms with van der Waals surface area (Å²) in [7, 11) is 2.70. The van der Waals surface area contributed by atoms with Gasteiger partial charge in [-0.25, -0.2) is 14.0 Å². The number of amides is 2. The van der Waals surface area contributed by atoms with Crippen molar-refractivity contribution >= 4 is 39.8 Å². The lowest BCUT2D eigenvalue weighted by Gasteiger charge is -2.09. The van der Waals surface area contributed by atoms with E-state index < -0.39 is 12.2 Å². The third-order valence-electron chi connectivity index (χ3n) is 2.31. The molecule has 0 saturated heterocycles. The van der Waals surface area contributed by atoms with Gasteiger partial charge in [0.25, 0.3) is 0 Å². The number of anilines is 1. The standard InChI is InChI=1S/C9H9BrFN3.2C2H5NO2/c10-6-2-1-3-7(11)8(6)14-9-12-4-5-13-9;2*1-3-2(4)5/h1-3H,4-5H2,(H2,12,13,14);2*3H,1H3,(H,4,5). The third-order valence-corrected chi connectivity index (χ3v) is 2.97. The zero-order valence-electron chi connectivity index (χ0n) is 13.1. The second kappa shape index (κ2) is 11.9. The molecular formula is C13H19BrFN5O4. The fourth-order valence-electron chi connectivity index (χ4n) is 1.22. The molecule has 0 saturated carbocycles. The molecule has 1 heterocycles. The zero-order chi connectivity index (χ0) is 18.5. The van der Waals surface area contributed by atoms with Crippen molar-refractivity contribution in [3.63, 3.8) is 0 Å². The van der Waals surface area contributed by atoms with E-state index in [4.69, 9.17) is 10.2 Å². The Morgan fingerprint density at radius 2 is 1.79 bits per heavy atom. The van der Waals surface area contributed by atoms with E-state index in [1.807, 2.05) is 10.6 Å². The van der Waals surface area contributed by atoms with Gasteiger partial charge in [-0.05, 0) is 28.1 Å². The highest BCUT2D eigenvalue weighted by Gasteiger charge is 2.10. The van der Waals surface area contributed by atoms with Gasteiger partial charge in [-0.1, -0.05) is 6.07 Å². The van der Waals surface area contributed by atoms with Crippen LogP contribution in [-0.4, -0.2) is 55.5 Å². The second-order valence-electron chi connectivity index (χ2n) is 3.99. The van der Waals surface area contributed by atoms with Gasteiger partial charge in [-0.15, -0.1) is 0 Å². The Morgan fingerprint density at radius 1 is 1.25 bits per heavy atom. The number of carbonyl (C=O) groups is 2. The number of halogens is 2. The second-order valence-corrected chi connectivity index (χ2v) is 4.84. The summed E-state index contributed by atoms with van der Waals surface area (Å²) in [5, 5.41) is 25.0. The highest BCUT2D eigenvalue weighted by Crippen LogP contribution is 2.24. The molecule has 1 aromatic carbocycles. The van der Waals surface area contributed by atoms with E-state index in [2.05, 4.69) is 31.6 Å².